The molecule has 1 heterocycles. The molecule has 0 aromatic carbocycles. The largest absolute Gasteiger partial charge is 0.276 e. The molecule has 0 spiro atoms. The third kappa shape index (κ3) is 1.03. The Bertz CT molecular complexity index is 137. The summed E-state index contributed by atoms with van der Waals surface area (Å²) in [6.07, 6.45) is 0. The van der Waals surface area contributed by atoms with Crippen LogP contribution in [0, 0.1) is 0 Å². The Hall–Kier alpha value is -0.310. The minimum atomic E-state index is 1.15. The lowest BCUT2D eigenvalue weighted by Gasteiger charge is -1.83. The maximum absolute atomic E-state index is 3.93. The highest BCUT2D eigenvalue weighted by Gasteiger charge is 1.93. The third-order valence-corrected chi connectivity index (χ3v) is 1.57. The smallest absolute Gasteiger partial charge is 0.0838 e. The van der Waals surface area contributed by atoms with Crippen molar-refractivity contribution < 1.29 is 0 Å². The molecule has 0 radical (unpaired) electrons. The van der Waals surface area contributed by atoms with E-state index in [0.717, 1.165) is 5.04 Å². The molecule has 0 aliphatic carbocycles. The number of rotatable bonds is 0. The van der Waals surface area contributed by atoms with Crippen molar-refractivity contribution in [2.75, 3.05) is 0 Å². The molecule has 1 aliphatic heterocycles. The lowest BCUT2D eigenvalue weighted by molar-refractivity contribution is 1.05. The van der Waals surface area contributed by atoms with E-state index in [1.165, 1.54) is 16.3 Å². The molecule has 3 heteroatoms. The molecule has 0 saturated carbocycles. The second kappa shape index (κ2) is 1.66. The van der Waals surface area contributed by atoms with E-state index < -0.39 is 0 Å². The highest BCUT2D eigenvalue weighted by molar-refractivity contribution is 8.13. The van der Waals surface area contributed by atoms with E-state index in [4.69, 9.17) is 0 Å². The van der Waals surface area contributed by atoms with E-state index in [0.29, 0.717) is 0 Å². The van der Waals surface area contributed by atoms with Crippen LogP contribution < -0.4 is 5.43 Å². The zero-order valence-corrected chi connectivity index (χ0v) is 5.29. The van der Waals surface area contributed by atoms with Gasteiger partial charge in [-0.1, -0.05) is 0 Å². The number of thiol groups is 1. The zero-order chi connectivity index (χ0) is 5.28. The molecule has 0 aromatic rings. The van der Waals surface area contributed by atoms with Crippen molar-refractivity contribution in [1.29, 1.82) is 0 Å². The Morgan fingerprint density at radius 2 is 2.29 bits per heavy atom. The van der Waals surface area contributed by atoms with Crippen LogP contribution in [0.1, 0.15) is 13.8 Å². The second-order valence-corrected chi connectivity index (χ2v) is 3.01. The summed E-state index contributed by atoms with van der Waals surface area (Å²) in [4.78, 5) is 1.22. The summed E-state index contributed by atoms with van der Waals surface area (Å²) < 4.78 is 0. The first kappa shape index (κ1) is 4.84. The Labute approximate surface area is 46.6 Å². The number of nitrogens with zero attached hydrogens (tertiary/aromatic N) is 1. The Kier molecular flexibility index (Phi) is 1.15. The molecule has 0 unspecified atom stereocenters. The molecule has 7 heavy (non-hydrogen) atoms. The van der Waals surface area contributed by atoms with Crippen LogP contribution in [0.3, 0.4) is 0 Å². The van der Waals surface area contributed by atoms with Gasteiger partial charge in [0, 0.05) is 0 Å². The van der Waals surface area contributed by atoms with Crippen molar-refractivity contribution in [3.63, 3.8) is 0 Å². The maximum atomic E-state index is 3.93. The van der Waals surface area contributed by atoms with Crippen LogP contribution in [0.15, 0.2) is 5.10 Å². The molecule has 0 saturated heterocycles. The minimum Gasteiger partial charge on any atom is -0.276 e. The Morgan fingerprint density at radius 1 is 1.57 bits per heavy atom. The average Bonchev–Trinajstić information content (AvgIpc) is 1.87. The van der Waals surface area contributed by atoms with Gasteiger partial charge >= 0.3 is 0 Å². The number of hydrogen-bond donors (Lipinski definition) is 2. The first-order valence-electron chi connectivity index (χ1n) is 2.14. The van der Waals surface area contributed by atoms with Gasteiger partial charge in [-0.3, -0.25) is 5.43 Å². The van der Waals surface area contributed by atoms with Gasteiger partial charge in [-0.15, -0.1) is 11.4 Å². The van der Waals surface area contributed by atoms with Gasteiger partial charge in [0.2, 0.25) is 0 Å². The van der Waals surface area contributed by atoms with Crippen molar-refractivity contribution in [2.24, 2.45) is 5.10 Å². The fraction of sp³-hybridized carbons (Fsp3) is 0.500. The summed E-state index contributed by atoms with van der Waals surface area (Å²) >= 11 is 1.24. The molecule has 0 amide bonds. The van der Waals surface area contributed by atoms with Crippen molar-refractivity contribution in [1.82, 2.24) is 5.43 Å². The molecule has 1 rings (SSSR count). The molecular formula is C4H8N2S. The van der Waals surface area contributed by atoms with Crippen molar-refractivity contribution in [3.8, 4) is 0 Å². The quantitative estimate of drug-likeness (QED) is 0.350. The highest BCUT2D eigenvalue weighted by Crippen LogP contribution is 1.98. The van der Waals surface area contributed by atoms with Gasteiger partial charge in [0.15, 0.2) is 0 Å². The fourth-order valence-electron chi connectivity index (χ4n) is 0.455. The summed E-state index contributed by atoms with van der Waals surface area (Å²) in [5.41, 5.74) is 2.86. The summed E-state index contributed by atoms with van der Waals surface area (Å²) in [6.45, 7) is 4.03. The summed E-state index contributed by atoms with van der Waals surface area (Å²) in [7, 11) is 0. The summed E-state index contributed by atoms with van der Waals surface area (Å²) in [6, 6.07) is 0. The molecule has 1 N–H and O–H groups in total. The van der Waals surface area contributed by atoms with E-state index in [2.05, 4.69) is 10.5 Å². The van der Waals surface area contributed by atoms with E-state index in [-0.39, 0.29) is 0 Å². The number of nitrogens with one attached hydrogen (secondary N) is 1. The van der Waals surface area contributed by atoms with E-state index >= 15 is 0 Å². The highest BCUT2D eigenvalue weighted by atomic mass is 32.1. The van der Waals surface area contributed by atoms with Gasteiger partial charge in [-0.25, -0.2) is 0 Å². The van der Waals surface area contributed by atoms with Crippen molar-refractivity contribution in [3.05, 3.63) is 0 Å². The van der Waals surface area contributed by atoms with Gasteiger partial charge in [-0.05, 0) is 13.8 Å². The van der Waals surface area contributed by atoms with Crippen LogP contribution >= 0.6 is 11.4 Å². The van der Waals surface area contributed by atoms with E-state index in [1.807, 2.05) is 13.8 Å². The SMILES string of the molecule is CC1=NNC(C)=[SH]1. The van der Waals surface area contributed by atoms with Gasteiger partial charge in [0.1, 0.15) is 0 Å². The van der Waals surface area contributed by atoms with Crippen molar-refractivity contribution in [2.45, 2.75) is 13.8 Å². The van der Waals surface area contributed by atoms with Gasteiger partial charge < -0.3 is 0 Å². The van der Waals surface area contributed by atoms with Gasteiger partial charge in [-0.2, -0.15) is 5.10 Å². The monoisotopic (exact) mass is 116 g/mol. The molecule has 0 atom stereocenters. The van der Waals surface area contributed by atoms with E-state index in [9.17, 15) is 0 Å². The average molecular weight is 116 g/mol. The van der Waals surface area contributed by atoms with Gasteiger partial charge in [0.05, 0.1) is 10.0 Å². The Morgan fingerprint density at radius 3 is 2.43 bits per heavy atom. The Balaban J connectivity index is 2.69. The minimum absolute atomic E-state index is 1.15. The predicted molar refractivity (Wildman–Crippen MR) is 35.9 cm³/mol. The topological polar surface area (TPSA) is 24.4 Å². The second-order valence-electron chi connectivity index (χ2n) is 1.47. The molecule has 0 bridgehead atoms. The zero-order valence-electron chi connectivity index (χ0n) is 4.39. The van der Waals surface area contributed by atoms with Crippen LogP contribution in [-0.4, -0.2) is 10.0 Å². The molecule has 0 fully saturated rings. The standard InChI is InChI=1S/C4H8N2S/c1-3-5-6-4(2)7-3/h5,7H,1-2H3. The van der Waals surface area contributed by atoms with Crippen LogP contribution in [-0.2, 0) is 0 Å². The molecule has 40 valence electrons. The lowest BCUT2D eigenvalue weighted by atomic mass is 10.8. The molecule has 1 aliphatic rings. The van der Waals surface area contributed by atoms with Gasteiger partial charge in [0.25, 0.3) is 0 Å². The summed E-state index contributed by atoms with van der Waals surface area (Å²) in [5.74, 6) is 0. The number of hydrazone groups is 1. The maximum Gasteiger partial charge on any atom is 0.0838 e. The molecule has 0 aromatic heterocycles. The summed E-state index contributed by atoms with van der Waals surface area (Å²) in [5, 5.41) is 5.08. The molecule has 2 nitrogen and oxygen atoms in total. The predicted octanol–water partition coefficient (Wildman–Crippen LogP) is 0.538. The molecular weight excluding hydrogens is 108 g/mol. The fourth-order valence-corrected chi connectivity index (χ4v) is 1.14. The van der Waals surface area contributed by atoms with E-state index in [1.54, 1.807) is 0 Å². The number of hydrogen-bond acceptors (Lipinski definition) is 2. The van der Waals surface area contributed by atoms with Crippen LogP contribution in [0.5, 0.6) is 0 Å². The van der Waals surface area contributed by atoms with Crippen LogP contribution in [0.25, 0.3) is 0 Å². The lowest BCUT2D eigenvalue weighted by Crippen LogP contribution is -2.05. The third-order valence-electron chi connectivity index (χ3n) is 0.709. The first-order valence-corrected chi connectivity index (χ1v) is 3.04. The van der Waals surface area contributed by atoms with Crippen LogP contribution in [0.2, 0.25) is 0 Å². The van der Waals surface area contributed by atoms with Crippen LogP contribution in [0.4, 0.5) is 0 Å². The van der Waals surface area contributed by atoms with Crippen molar-refractivity contribution >= 4 is 21.4 Å². The first-order chi connectivity index (χ1) is 3.29. The normalized spacial score (nSPS) is 19.1.